The largest absolute Gasteiger partial charge is 0.338 e. The normalized spacial score (nSPS) is 16.7. The fraction of sp³-hybridized carbons (Fsp3) is 0.720. The number of anilines is 1. The van der Waals surface area contributed by atoms with Gasteiger partial charge in [0.1, 0.15) is 5.82 Å². The third kappa shape index (κ3) is 7.47. The van der Waals surface area contributed by atoms with Crippen molar-refractivity contribution in [3.05, 3.63) is 22.9 Å². The summed E-state index contributed by atoms with van der Waals surface area (Å²) in [5.41, 5.74) is 2.31. The maximum Gasteiger partial charge on any atom is 0.320 e. The van der Waals surface area contributed by atoms with E-state index in [1.807, 2.05) is 17.9 Å². The number of amides is 3. The van der Waals surface area contributed by atoms with Crippen molar-refractivity contribution in [3.8, 4) is 0 Å². The zero-order valence-corrected chi connectivity index (χ0v) is 21.0. The van der Waals surface area contributed by atoms with Crippen LogP contribution in [0.4, 0.5) is 10.6 Å². The number of aryl methyl sites for hydroxylation is 1. The zero-order chi connectivity index (χ0) is 23.8. The predicted octanol–water partition coefficient (Wildman–Crippen LogP) is 4.08. The quantitative estimate of drug-likeness (QED) is 0.535. The molecule has 1 aromatic heterocycles. The van der Waals surface area contributed by atoms with Crippen molar-refractivity contribution in [1.82, 2.24) is 20.5 Å². The van der Waals surface area contributed by atoms with Gasteiger partial charge in [0, 0.05) is 32.2 Å². The maximum atomic E-state index is 13.5. The van der Waals surface area contributed by atoms with Crippen LogP contribution in [0.15, 0.2) is 6.07 Å². The number of nitrogens with zero attached hydrogens (tertiary/aromatic N) is 2. The monoisotopic (exact) mass is 445 g/mol. The smallest absolute Gasteiger partial charge is 0.320 e. The van der Waals surface area contributed by atoms with E-state index in [2.05, 4.69) is 57.5 Å². The highest BCUT2D eigenvalue weighted by atomic mass is 16.2. The molecule has 1 atom stereocenters. The molecule has 0 bridgehead atoms. The summed E-state index contributed by atoms with van der Waals surface area (Å²) in [6, 6.07) is 2.02. The molecule has 0 aromatic carbocycles. The van der Waals surface area contributed by atoms with Crippen LogP contribution in [0, 0.1) is 17.8 Å². The van der Waals surface area contributed by atoms with Crippen LogP contribution in [-0.4, -0.2) is 54.0 Å². The van der Waals surface area contributed by atoms with Gasteiger partial charge in [0.15, 0.2) is 0 Å². The van der Waals surface area contributed by atoms with E-state index in [9.17, 15) is 9.59 Å². The Labute approximate surface area is 194 Å². The van der Waals surface area contributed by atoms with Crippen molar-refractivity contribution in [2.24, 2.45) is 17.8 Å². The van der Waals surface area contributed by atoms with E-state index in [1.54, 1.807) is 0 Å². The molecular weight excluding hydrogens is 402 g/mol. The SMILES string of the molecule is CCc1nc(NC(=O)NCCC(C)C)c(CC(C)C)cc1C(=O)N1CCN[C@@H](C(C)C)C1. The Hall–Kier alpha value is -2.15. The summed E-state index contributed by atoms with van der Waals surface area (Å²) in [6.45, 7) is 17.7. The molecule has 2 rings (SSSR count). The summed E-state index contributed by atoms with van der Waals surface area (Å²) in [7, 11) is 0. The number of rotatable bonds is 9. The second kappa shape index (κ2) is 12.2. The lowest BCUT2D eigenvalue weighted by Crippen LogP contribution is -2.54. The summed E-state index contributed by atoms with van der Waals surface area (Å²) in [4.78, 5) is 32.6. The number of hydrogen-bond donors (Lipinski definition) is 3. The van der Waals surface area contributed by atoms with Crippen LogP contribution in [0.3, 0.4) is 0 Å². The summed E-state index contributed by atoms with van der Waals surface area (Å²) < 4.78 is 0. The average Bonchev–Trinajstić information content (AvgIpc) is 2.73. The second-order valence-electron chi connectivity index (χ2n) is 10.1. The number of pyridine rings is 1. The van der Waals surface area contributed by atoms with Gasteiger partial charge in [-0.05, 0) is 48.6 Å². The van der Waals surface area contributed by atoms with Crippen LogP contribution < -0.4 is 16.0 Å². The molecule has 32 heavy (non-hydrogen) atoms. The van der Waals surface area contributed by atoms with E-state index in [0.717, 1.165) is 30.6 Å². The van der Waals surface area contributed by atoms with E-state index in [0.29, 0.717) is 61.2 Å². The highest BCUT2D eigenvalue weighted by molar-refractivity contribution is 5.97. The molecule has 1 aliphatic rings. The Balaban J connectivity index is 2.28. The molecule has 180 valence electrons. The van der Waals surface area contributed by atoms with Gasteiger partial charge in [-0.2, -0.15) is 0 Å². The first kappa shape index (κ1) is 26.1. The topological polar surface area (TPSA) is 86.4 Å². The summed E-state index contributed by atoms with van der Waals surface area (Å²) in [5.74, 6) is 1.98. The van der Waals surface area contributed by atoms with Gasteiger partial charge in [-0.3, -0.25) is 10.1 Å². The van der Waals surface area contributed by atoms with Gasteiger partial charge < -0.3 is 15.5 Å². The van der Waals surface area contributed by atoms with Gasteiger partial charge in [-0.15, -0.1) is 0 Å². The number of carbonyl (C=O) groups is 2. The molecule has 0 unspecified atom stereocenters. The summed E-state index contributed by atoms with van der Waals surface area (Å²) >= 11 is 0. The van der Waals surface area contributed by atoms with Crippen LogP contribution in [-0.2, 0) is 12.8 Å². The first-order valence-corrected chi connectivity index (χ1v) is 12.2. The van der Waals surface area contributed by atoms with Crippen LogP contribution in [0.1, 0.15) is 76.5 Å². The van der Waals surface area contributed by atoms with E-state index in [1.165, 1.54) is 0 Å². The summed E-state index contributed by atoms with van der Waals surface area (Å²) in [6.07, 6.45) is 2.30. The molecule has 3 amide bonds. The van der Waals surface area contributed by atoms with E-state index < -0.39 is 0 Å². The molecule has 7 heteroatoms. The molecule has 0 aliphatic carbocycles. The molecule has 1 aliphatic heterocycles. The minimum absolute atomic E-state index is 0.0411. The van der Waals surface area contributed by atoms with Crippen LogP contribution >= 0.6 is 0 Å². The van der Waals surface area contributed by atoms with Gasteiger partial charge in [-0.1, -0.05) is 48.5 Å². The number of aromatic nitrogens is 1. The second-order valence-corrected chi connectivity index (χ2v) is 10.1. The van der Waals surface area contributed by atoms with Crippen LogP contribution in [0.2, 0.25) is 0 Å². The van der Waals surface area contributed by atoms with Gasteiger partial charge in [0.05, 0.1) is 11.3 Å². The molecule has 1 fully saturated rings. The first-order valence-electron chi connectivity index (χ1n) is 12.2. The number of piperazine rings is 1. The van der Waals surface area contributed by atoms with Crippen molar-refractivity contribution in [1.29, 1.82) is 0 Å². The molecule has 2 heterocycles. The fourth-order valence-corrected chi connectivity index (χ4v) is 3.96. The Bertz CT molecular complexity index is 776. The third-order valence-electron chi connectivity index (χ3n) is 5.91. The number of carbonyl (C=O) groups excluding carboxylic acids is 2. The predicted molar refractivity (Wildman–Crippen MR) is 131 cm³/mol. The Morgan fingerprint density at radius 1 is 1.19 bits per heavy atom. The molecule has 0 spiro atoms. The highest BCUT2D eigenvalue weighted by Gasteiger charge is 2.28. The summed E-state index contributed by atoms with van der Waals surface area (Å²) in [5, 5.41) is 9.36. The Morgan fingerprint density at radius 2 is 1.91 bits per heavy atom. The molecule has 1 saturated heterocycles. The minimum atomic E-state index is -0.244. The standard InChI is InChI=1S/C25H43N5O2/c1-8-21-20(24(31)30-12-11-26-22(15-30)18(6)7)14-19(13-17(4)5)23(28-21)29-25(32)27-10-9-16(2)3/h14,16-18,22,26H,8-13,15H2,1-7H3,(H2,27,28,29,32)/t22-/m1/s1. The van der Waals surface area contributed by atoms with E-state index >= 15 is 0 Å². The first-order chi connectivity index (χ1) is 15.1. The molecule has 0 radical (unpaired) electrons. The highest BCUT2D eigenvalue weighted by Crippen LogP contribution is 2.24. The zero-order valence-electron chi connectivity index (χ0n) is 21.0. The van der Waals surface area contributed by atoms with Gasteiger partial charge >= 0.3 is 6.03 Å². The number of urea groups is 1. The lowest BCUT2D eigenvalue weighted by atomic mass is 9.98. The molecule has 0 saturated carbocycles. The van der Waals surface area contributed by atoms with Crippen molar-refractivity contribution in [2.75, 3.05) is 31.5 Å². The van der Waals surface area contributed by atoms with Gasteiger partial charge in [-0.25, -0.2) is 9.78 Å². The number of hydrogen-bond acceptors (Lipinski definition) is 4. The molecular formula is C25H43N5O2. The van der Waals surface area contributed by atoms with E-state index in [4.69, 9.17) is 4.98 Å². The minimum Gasteiger partial charge on any atom is -0.338 e. The molecule has 1 aromatic rings. The van der Waals surface area contributed by atoms with Crippen molar-refractivity contribution < 1.29 is 9.59 Å². The van der Waals surface area contributed by atoms with Gasteiger partial charge in [0.2, 0.25) is 0 Å². The van der Waals surface area contributed by atoms with Crippen LogP contribution in [0.25, 0.3) is 0 Å². The lowest BCUT2D eigenvalue weighted by molar-refractivity contribution is 0.0682. The fourth-order valence-electron chi connectivity index (χ4n) is 3.96. The van der Waals surface area contributed by atoms with Crippen molar-refractivity contribution >= 4 is 17.8 Å². The van der Waals surface area contributed by atoms with Crippen molar-refractivity contribution in [3.63, 3.8) is 0 Å². The molecule has 3 N–H and O–H groups in total. The number of nitrogens with one attached hydrogen (secondary N) is 3. The third-order valence-corrected chi connectivity index (χ3v) is 5.91. The van der Waals surface area contributed by atoms with E-state index in [-0.39, 0.29) is 11.9 Å². The van der Waals surface area contributed by atoms with Crippen molar-refractivity contribution in [2.45, 2.75) is 73.8 Å². The molecule has 7 nitrogen and oxygen atoms in total. The Morgan fingerprint density at radius 3 is 2.50 bits per heavy atom. The lowest BCUT2D eigenvalue weighted by Gasteiger charge is -2.36. The maximum absolute atomic E-state index is 13.5. The van der Waals surface area contributed by atoms with Gasteiger partial charge in [0.25, 0.3) is 5.91 Å². The average molecular weight is 446 g/mol. The van der Waals surface area contributed by atoms with Crippen LogP contribution in [0.5, 0.6) is 0 Å². The Kier molecular flexibility index (Phi) is 9.94.